The summed E-state index contributed by atoms with van der Waals surface area (Å²) in [4.78, 5) is 60.0. The molecule has 0 aliphatic rings. The fraction of sp³-hybridized carbons (Fsp3) is 0.300. The topological polar surface area (TPSA) is 162 Å². The first-order valence-corrected chi connectivity index (χ1v) is 10.2. The van der Waals surface area contributed by atoms with Crippen LogP contribution in [0.3, 0.4) is 0 Å². The van der Waals surface area contributed by atoms with Crippen LogP contribution in [0, 0.1) is 0 Å². The molecule has 33 heavy (non-hydrogen) atoms. The summed E-state index contributed by atoms with van der Waals surface area (Å²) in [5, 5.41) is 5.03. The first-order chi connectivity index (χ1) is 15.8. The number of carbonyl (C=O) groups excluding carboxylic acids is 4. The van der Waals surface area contributed by atoms with Crippen molar-refractivity contribution in [3.05, 3.63) is 41.7 Å². The molecule has 0 saturated carbocycles. The number of aromatic nitrogens is 4. The van der Waals surface area contributed by atoms with Gasteiger partial charge in [-0.2, -0.15) is 0 Å². The van der Waals surface area contributed by atoms with Gasteiger partial charge in [-0.15, -0.1) is 0 Å². The van der Waals surface area contributed by atoms with Crippen LogP contribution in [-0.2, 0) is 28.7 Å². The third kappa shape index (κ3) is 12.0. The highest BCUT2D eigenvalue weighted by atomic mass is 79.9. The van der Waals surface area contributed by atoms with Gasteiger partial charge < -0.3 is 20.1 Å². The standard InChI is InChI=1S/C11H13N3O3.C9H10BrN3O3/c1-3-8-6-13-9(7-12-8)14-10(15)4-5-11(16)17-2;1-16-9(15)3-2-8(14)13-7-5-11-6(10)4-12-7/h3,6-7H,1,4-5H2,2H3,(H,13,14,15);4-5H,2-3H2,1H3,(H,12,13,14). The van der Waals surface area contributed by atoms with E-state index in [-0.39, 0.29) is 37.5 Å². The Morgan fingerprint density at radius 2 is 1.30 bits per heavy atom. The molecule has 176 valence electrons. The zero-order valence-corrected chi connectivity index (χ0v) is 19.6. The number of halogens is 1. The number of hydrogen-bond acceptors (Lipinski definition) is 10. The molecule has 0 bridgehead atoms. The van der Waals surface area contributed by atoms with Crippen LogP contribution in [0.25, 0.3) is 6.08 Å². The third-order valence-electron chi connectivity index (χ3n) is 3.60. The minimum Gasteiger partial charge on any atom is -0.469 e. The molecular formula is C20H23BrN6O6. The van der Waals surface area contributed by atoms with E-state index in [4.69, 9.17) is 0 Å². The molecule has 0 saturated heterocycles. The lowest BCUT2D eigenvalue weighted by atomic mass is 10.3. The van der Waals surface area contributed by atoms with Crippen molar-refractivity contribution < 1.29 is 28.7 Å². The molecule has 2 amide bonds. The summed E-state index contributed by atoms with van der Waals surface area (Å²) >= 11 is 3.12. The predicted molar refractivity (Wildman–Crippen MR) is 122 cm³/mol. The monoisotopic (exact) mass is 522 g/mol. The fourth-order valence-corrected chi connectivity index (χ4v) is 2.14. The van der Waals surface area contributed by atoms with Gasteiger partial charge in [-0.3, -0.25) is 24.2 Å². The van der Waals surface area contributed by atoms with Crippen LogP contribution in [0.5, 0.6) is 0 Å². The molecule has 0 aliphatic carbocycles. The van der Waals surface area contributed by atoms with Gasteiger partial charge in [0.15, 0.2) is 11.6 Å². The molecule has 0 aromatic carbocycles. The fourth-order valence-electron chi connectivity index (χ4n) is 1.93. The average Bonchev–Trinajstić information content (AvgIpc) is 2.83. The van der Waals surface area contributed by atoms with Crippen molar-refractivity contribution in [2.75, 3.05) is 24.9 Å². The summed E-state index contributed by atoms with van der Waals surface area (Å²) in [5.41, 5.74) is 0.623. The number of methoxy groups -OCH3 is 2. The Balaban J connectivity index is 0.000000331. The maximum atomic E-state index is 11.4. The van der Waals surface area contributed by atoms with Gasteiger partial charge in [0.2, 0.25) is 11.8 Å². The minimum absolute atomic E-state index is 0.0422. The van der Waals surface area contributed by atoms with Gasteiger partial charge in [0.25, 0.3) is 0 Å². The van der Waals surface area contributed by atoms with Gasteiger partial charge in [0.1, 0.15) is 4.60 Å². The van der Waals surface area contributed by atoms with Gasteiger partial charge in [-0.05, 0) is 22.0 Å². The third-order valence-corrected chi connectivity index (χ3v) is 4.01. The summed E-state index contributed by atoms with van der Waals surface area (Å²) in [6.07, 6.45) is 7.55. The Bertz CT molecular complexity index is 953. The Labute approximate surface area is 198 Å². The van der Waals surface area contributed by atoms with Crippen molar-refractivity contribution in [3.8, 4) is 0 Å². The van der Waals surface area contributed by atoms with Crippen LogP contribution < -0.4 is 10.6 Å². The molecule has 0 fully saturated rings. The molecule has 2 heterocycles. The van der Waals surface area contributed by atoms with Crippen molar-refractivity contribution in [3.63, 3.8) is 0 Å². The predicted octanol–water partition coefficient (Wildman–Crippen LogP) is 2.14. The zero-order valence-electron chi connectivity index (χ0n) is 18.0. The van der Waals surface area contributed by atoms with Crippen molar-refractivity contribution >= 4 is 57.4 Å². The van der Waals surface area contributed by atoms with Crippen LogP contribution >= 0.6 is 15.9 Å². The average molecular weight is 523 g/mol. The molecule has 2 aromatic heterocycles. The van der Waals surface area contributed by atoms with E-state index in [2.05, 4.69) is 62.6 Å². The lowest BCUT2D eigenvalue weighted by Crippen LogP contribution is -2.14. The molecule has 12 nitrogen and oxygen atoms in total. The van der Waals surface area contributed by atoms with Gasteiger partial charge in [0.05, 0.1) is 57.5 Å². The molecule has 2 aromatic rings. The van der Waals surface area contributed by atoms with E-state index < -0.39 is 11.9 Å². The maximum absolute atomic E-state index is 11.4. The number of nitrogens with one attached hydrogen (secondary N) is 2. The van der Waals surface area contributed by atoms with Crippen molar-refractivity contribution in [1.82, 2.24) is 19.9 Å². The summed E-state index contributed by atoms with van der Waals surface area (Å²) in [6, 6.07) is 0. The second-order valence-electron chi connectivity index (χ2n) is 6.00. The smallest absolute Gasteiger partial charge is 0.306 e. The van der Waals surface area contributed by atoms with Gasteiger partial charge in [0, 0.05) is 12.8 Å². The van der Waals surface area contributed by atoms with E-state index in [0.29, 0.717) is 21.9 Å². The summed E-state index contributed by atoms with van der Waals surface area (Å²) in [7, 11) is 2.56. The van der Waals surface area contributed by atoms with Gasteiger partial charge in [-0.1, -0.05) is 6.58 Å². The number of amides is 2. The molecule has 0 aliphatic heterocycles. The lowest BCUT2D eigenvalue weighted by Gasteiger charge is -2.03. The molecule has 0 unspecified atom stereocenters. The largest absolute Gasteiger partial charge is 0.469 e. The van der Waals surface area contributed by atoms with Gasteiger partial charge >= 0.3 is 11.9 Å². The number of rotatable bonds is 9. The highest BCUT2D eigenvalue weighted by Crippen LogP contribution is 2.07. The Hall–Kier alpha value is -3.74. The van der Waals surface area contributed by atoms with E-state index in [1.54, 1.807) is 6.08 Å². The summed E-state index contributed by atoms with van der Waals surface area (Å²) in [6.45, 7) is 3.54. The number of nitrogens with zero attached hydrogens (tertiary/aromatic N) is 4. The molecule has 2 rings (SSSR count). The van der Waals surface area contributed by atoms with Crippen LogP contribution in [0.1, 0.15) is 31.4 Å². The maximum Gasteiger partial charge on any atom is 0.306 e. The van der Waals surface area contributed by atoms with Crippen molar-refractivity contribution in [2.45, 2.75) is 25.7 Å². The van der Waals surface area contributed by atoms with Crippen LogP contribution in [0.15, 0.2) is 36.0 Å². The molecule has 0 atom stereocenters. The highest BCUT2D eigenvalue weighted by molar-refractivity contribution is 9.10. The van der Waals surface area contributed by atoms with Gasteiger partial charge in [-0.25, -0.2) is 15.0 Å². The van der Waals surface area contributed by atoms with E-state index >= 15 is 0 Å². The number of carbonyl (C=O) groups is 4. The molecule has 0 spiro atoms. The number of ether oxygens (including phenoxy) is 2. The SMILES string of the molecule is C=Cc1cnc(NC(=O)CCC(=O)OC)cn1.COC(=O)CCC(=O)Nc1cnc(Br)cn1. The second kappa shape index (κ2) is 15.1. The minimum atomic E-state index is -0.423. The number of esters is 2. The Morgan fingerprint density at radius 1 is 0.818 bits per heavy atom. The second-order valence-corrected chi connectivity index (χ2v) is 6.82. The summed E-state index contributed by atoms with van der Waals surface area (Å²) < 4.78 is 9.42. The first-order valence-electron chi connectivity index (χ1n) is 9.42. The van der Waals surface area contributed by atoms with E-state index in [1.165, 1.54) is 39.0 Å². The van der Waals surface area contributed by atoms with Crippen LogP contribution in [0.4, 0.5) is 11.6 Å². The van der Waals surface area contributed by atoms with E-state index in [9.17, 15) is 19.2 Å². The highest BCUT2D eigenvalue weighted by Gasteiger charge is 2.08. The lowest BCUT2D eigenvalue weighted by molar-refractivity contribution is -0.142. The van der Waals surface area contributed by atoms with E-state index in [1.807, 2.05) is 0 Å². The molecule has 2 N–H and O–H groups in total. The van der Waals surface area contributed by atoms with Crippen LogP contribution in [0.2, 0.25) is 0 Å². The normalized spacial score (nSPS) is 9.55. The Morgan fingerprint density at radius 3 is 1.67 bits per heavy atom. The van der Waals surface area contributed by atoms with Crippen LogP contribution in [-0.4, -0.2) is 57.9 Å². The molecule has 13 heteroatoms. The zero-order chi connectivity index (χ0) is 24.6. The van der Waals surface area contributed by atoms with Crippen molar-refractivity contribution in [2.24, 2.45) is 0 Å². The first kappa shape index (κ1) is 27.3. The Kier molecular flexibility index (Phi) is 12.5. The molecular weight excluding hydrogens is 500 g/mol. The molecule has 0 radical (unpaired) electrons. The summed E-state index contributed by atoms with van der Waals surface area (Å²) in [5.74, 6) is -0.771. The number of anilines is 2. The van der Waals surface area contributed by atoms with E-state index in [0.717, 1.165) is 0 Å². The quantitative estimate of drug-likeness (QED) is 0.466. The van der Waals surface area contributed by atoms with Crippen molar-refractivity contribution in [1.29, 1.82) is 0 Å². The number of hydrogen-bond donors (Lipinski definition) is 2.